The molecule has 21 heavy (non-hydrogen) atoms. The van der Waals surface area contributed by atoms with E-state index in [0.717, 1.165) is 5.13 Å². The molecule has 1 aromatic heterocycles. The van der Waals surface area contributed by atoms with Crippen molar-refractivity contribution in [3.05, 3.63) is 59.6 Å². The Morgan fingerprint density at radius 1 is 1.19 bits per heavy atom. The summed E-state index contributed by atoms with van der Waals surface area (Å²) >= 11 is 6.87. The van der Waals surface area contributed by atoms with E-state index in [1.807, 2.05) is 5.38 Å². The molecule has 1 atom stereocenters. The normalized spacial score (nSPS) is 12.0. The maximum absolute atomic E-state index is 5.35. The lowest BCUT2D eigenvalue weighted by Gasteiger charge is -2.18. The fraction of sp³-hybridized carbons (Fsp3) is 0.125. The molecule has 106 valence electrons. The fourth-order valence-corrected chi connectivity index (χ4v) is 3.19. The lowest BCUT2D eigenvalue weighted by atomic mass is 10.00. The Labute approximate surface area is 133 Å². The van der Waals surface area contributed by atoms with E-state index in [2.05, 4.69) is 65.0 Å². The van der Waals surface area contributed by atoms with Gasteiger partial charge in [-0.1, -0.05) is 42.5 Å². The molecule has 3 nitrogen and oxygen atoms in total. The van der Waals surface area contributed by atoms with E-state index in [-0.39, 0.29) is 6.04 Å². The Morgan fingerprint density at radius 2 is 2.00 bits per heavy atom. The summed E-state index contributed by atoms with van der Waals surface area (Å²) < 4.78 is 0. The number of nitrogens with one attached hydrogen (secondary N) is 2. The minimum Gasteiger partial charge on any atom is -0.356 e. The molecule has 0 fully saturated rings. The largest absolute Gasteiger partial charge is 0.356 e. The van der Waals surface area contributed by atoms with E-state index in [4.69, 9.17) is 12.2 Å². The van der Waals surface area contributed by atoms with E-state index in [1.165, 1.54) is 27.7 Å². The van der Waals surface area contributed by atoms with E-state index in [0.29, 0.717) is 5.11 Å². The summed E-state index contributed by atoms with van der Waals surface area (Å²) in [5, 5.41) is 12.2. The Kier molecular flexibility index (Phi) is 4.13. The van der Waals surface area contributed by atoms with Gasteiger partial charge in [0.2, 0.25) is 0 Å². The molecule has 0 unspecified atom stereocenters. The number of hydrogen-bond donors (Lipinski definition) is 2. The van der Waals surface area contributed by atoms with Crippen LogP contribution in [-0.4, -0.2) is 10.1 Å². The maximum atomic E-state index is 5.35. The van der Waals surface area contributed by atoms with Crippen molar-refractivity contribution < 1.29 is 0 Å². The van der Waals surface area contributed by atoms with Crippen LogP contribution >= 0.6 is 23.6 Å². The fourth-order valence-electron chi connectivity index (χ4n) is 2.32. The minimum absolute atomic E-state index is 0.121. The first kappa shape index (κ1) is 14.0. The highest BCUT2D eigenvalue weighted by molar-refractivity contribution is 7.80. The molecule has 0 aliphatic carbocycles. The standard InChI is InChI=1S/C16H15N3S2/c1-11(18-15(20)19-16-17-9-10-21-16)13-8-4-6-12-5-2-3-7-14(12)13/h2-11H,1H3,(H2,17,18,19,20)/t11-/m0/s1. The molecule has 1 heterocycles. The van der Waals surface area contributed by atoms with Gasteiger partial charge in [-0.3, -0.25) is 0 Å². The third kappa shape index (κ3) is 3.20. The number of aromatic nitrogens is 1. The number of benzene rings is 2. The second kappa shape index (κ2) is 6.20. The van der Waals surface area contributed by atoms with Gasteiger partial charge in [-0.15, -0.1) is 11.3 Å². The molecule has 0 spiro atoms. The van der Waals surface area contributed by atoms with Gasteiger partial charge in [0.25, 0.3) is 0 Å². The number of rotatable bonds is 3. The number of hydrogen-bond acceptors (Lipinski definition) is 3. The predicted molar refractivity (Wildman–Crippen MR) is 93.8 cm³/mol. The number of anilines is 1. The molecule has 0 bridgehead atoms. The second-order valence-electron chi connectivity index (χ2n) is 4.73. The molecular formula is C16H15N3S2. The van der Waals surface area contributed by atoms with Crippen molar-refractivity contribution in [3.8, 4) is 0 Å². The van der Waals surface area contributed by atoms with Gasteiger partial charge in [-0.05, 0) is 35.5 Å². The lowest BCUT2D eigenvalue weighted by molar-refractivity contribution is 0.729. The summed E-state index contributed by atoms with van der Waals surface area (Å²) in [4.78, 5) is 4.17. The van der Waals surface area contributed by atoms with Crippen LogP contribution in [0.25, 0.3) is 10.8 Å². The van der Waals surface area contributed by atoms with Crippen molar-refractivity contribution in [3.63, 3.8) is 0 Å². The van der Waals surface area contributed by atoms with Crippen LogP contribution in [0.4, 0.5) is 5.13 Å². The zero-order valence-electron chi connectivity index (χ0n) is 11.5. The highest BCUT2D eigenvalue weighted by Crippen LogP contribution is 2.24. The lowest BCUT2D eigenvalue weighted by Crippen LogP contribution is -2.30. The second-order valence-corrected chi connectivity index (χ2v) is 6.03. The molecule has 0 saturated carbocycles. The van der Waals surface area contributed by atoms with Gasteiger partial charge in [-0.2, -0.15) is 0 Å². The molecule has 3 aromatic rings. The summed E-state index contributed by atoms with van der Waals surface area (Å²) in [7, 11) is 0. The minimum atomic E-state index is 0.121. The van der Waals surface area contributed by atoms with Crippen LogP contribution in [0, 0.1) is 0 Å². The van der Waals surface area contributed by atoms with E-state index in [1.54, 1.807) is 6.20 Å². The van der Waals surface area contributed by atoms with E-state index < -0.39 is 0 Å². The highest BCUT2D eigenvalue weighted by Gasteiger charge is 2.10. The van der Waals surface area contributed by atoms with Crippen molar-refractivity contribution in [2.45, 2.75) is 13.0 Å². The Morgan fingerprint density at radius 3 is 2.81 bits per heavy atom. The molecule has 0 aliphatic rings. The average molecular weight is 313 g/mol. The van der Waals surface area contributed by atoms with Crippen molar-refractivity contribution >= 4 is 44.6 Å². The molecular weight excluding hydrogens is 298 g/mol. The molecule has 0 aliphatic heterocycles. The van der Waals surface area contributed by atoms with Gasteiger partial charge in [0.1, 0.15) is 0 Å². The van der Waals surface area contributed by atoms with Gasteiger partial charge >= 0.3 is 0 Å². The van der Waals surface area contributed by atoms with Crippen molar-refractivity contribution in [1.82, 2.24) is 10.3 Å². The average Bonchev–Trinajstić information content (AvgIpc) is 2.99. The number of nitrogens with zero attached hydrogens (tertiary/aromatic N) is 1. The van der Waals surface area contributed by atoms with Gasteiger partial charge < -0.3 is 10.6 Å². The third-order valence-corrected chi connectivity index (χ3v) is 4.20. The first-order valence-electron chi connectivity index (χ1n) is 6.69. The summed E-state index contributed by atoms with van der Waals surface area (Å²) in [5.74, 6) is 0. The Balaban J connectivity index is 1.77. The molecule has 3 rings (SSSR count). The number of fused-ring (bicyclic) bond motifs is 1. The third-order valence-electron chi connectivity index (χ3n) is 3.29. The van der Waals surface area contributed by atoms with Crippen LogP contribution in [0.1, 0.15) is 18.5 Å². The topological polar surface area (TPSA) is 37.0 Å². The van der Waals surface area contributed by atoms with Gasteiger partial charge in [0, 0.05) is 11.6 Å². The predicted octanol–water partition coefficient (Wildman–Crippen LogP) is 4.34. The Hall–Kier alpha value is -1.98. The van der Waals surface area contributed by atoms with Crippen LogP contribution < -0.4 is 10.6 Å². The molecule has 0 radical (unpaired) electrons. The van der Waals surface area contributed by atoms with Crippen LogP contribution in [0.3, 0.4) is 0 Å². The SMILES string of the molecule is C[C@H](NC(=S)Nc1nccs1)c1cccc2ccccc12. The summed E-state index contributed by atoms with van der Waals surface area (Å²) in [6, 6.07) is 14.8. The maximum Gasteiger partial charge on any atom is 0.188 e. The molecule has 0 amide bonds. The zero-order valence-corrected chi connectivity index (χ0v) is 13.2. The zero-order chi connectivity index (χ0) is 14.7. The molecule has 5 heteroatoms. The monoisotopic (exact) mass is 313 g/mol. The first-order chi connectivity index (χ1) is 10.2. The Bertz CT molecular complexity index is 748. The van der Waals surface area contributed by atoms with Crippen LogP contribution in [-0.2, 0) is 0 Å². The van der Waals surface area contributed by atoms with Gasteiger partial charge in [0.15, 0.2) is 10.2 Å². The smallest absolute Gasteiger partial charge is 0.188 e. The molecule has 2 N–H and O–H groups in total. The van der Waals surface area contributed by atoms with E-state index >= 15 is 0 Å². The summed E-state index contributed by atoms with van der Waals surface area (Å²) in [6.45, 7) is 2.11. The van der Waals surface area contributed by atoms with Crippen LogP contribution in [0.2, 0.25) is 0 Å². The quantitative estimate of drug-likeness (QED) is 0.705. The first-order valence-corrected chi connectivity index (χ1v) is 7.97. The van der Waals surface area contributed by atoms with Gasteiger partial charge in [-0.25, -0.2) is 4.98 Å². The van der Waals surface area contributed by atoms with E-state index in [9.17, 15) is 0 Å². The van der Waals surface area contributed by atoms with Crippen molar-refractivity contribution in [1.29, 1.82) is 0 Å². The van der Waals surface area contributed by atoms with Crippen molar-refractivity contribution in [2.24, 2.45) is 0 Å². The summed E-state index contributed by atoms with van der Waals surface area (Å²) in [5.41, 5.74) is 1.23. The summed E-state index contributed by atoms with van der Waals surface area (Å²) in [6.07, 6.45) is 1.75. The van der Waals surface area contributed by atoms with Crippen LogP contribution in [0.15, 0.2) is 54.0 Å². The highest BCUT2D eigenvalue weighted by atomic mass is 32.1. The molecule has 0 saturated heterocycles. The number of thiazole rings is 1. The van der Waals surface area contributed by atoms with Crippen LogP contribution in [0.5, 0.6) is 0 Å². The van der Waals surface area contributed by atoms with Crippen molar-refractivity contribution in [2.75, 3.05) is 5.32 Å². The van der Waals surface area contributed by atoms with Gasteiger partial charge in [0.05, 0.1) is 6.04 Å². The molecule has 2 aromatic carbocycles. The number of thiocarbonyl (C=S) groups is 1.